The molecule has 0 fully saturated rings. The number of nitrogens with two attached hydrogens (primary N) is 1. The highest BCUT2D eigenvalue weighted by Crippen LogP contribution is 2.13. The van der Waals surface area contributed by atoms with Crippen LogP contribution in [0.25, 0.3) is 0 Å². The van der Waals surface area contributed by atoms with Gasteiger partial charge in [-0.3, -0.25) is 9.59 Å². The number of rotatable bonds is 27. The first-order chi connectivity index (χ1) is 22.3. The minimum atomic E-state index is -0.988. The van der Waals surface area contributed by atoms with Gasteiger partial charge in [-0.25, -0.2) is 4.79 Å². The lowest BCUT2D eigenvalue weighted by Gasteiger charge is -2.04. The van der Waals surface area contributed by atoms with Crippen LogP contribution in [0.5, 0.6) is 0 Å². The Morgan fingerprint density at radius 2 is 0.957 bits per heavy atom. The zero-order valence-corrected chi connectivity index (χ0v) is 30.3. The van der Waals surface area contributed by atoms with Crippen molar-refractivity contribution in [1.82, 2.24) is 0 Å². The highest BCUT2D eigenvalue weighted by atomic mass is 16.5. The molecule has 7 nitrogen and oxygen atoms in total. The second-order valence-electron chi connectivity index (χ2n) is 12.1. The summed E-state index contributed by atoms with van der Waals surface area (Å²) in [4.78, 5) is 32.5. The summed E-state index contributed by atoms with van der Waals surface area (Å²) in [7, 11) is 0. The molecular weight excluding hydrogens is 578 g/mol. The predicted molar refractivity (Wildman–Crippen MR) is 193 cm³/mol. The van der Waals surface area contributed by atoms with E-state index in [0.717, 1.165) is 19.3 Å². The molecule has 1 aromatic carbocycles. The average molecular weight is 650 g/mol. The minimum Gasteiger partial charge on any atom is -0.478 e. The van der Waals surface area contributed by atoms with Crippen LogP contribution >= 0.6 is 0 Å². The molecule has 0 atom stereocenters. The van der Waals surface area contributed by atoms with E-state index >= 15 is 0 Å². The summed E-state index contributed by atoms with van der Waals surface area (Å²) >= 11 is 0. The fraction of sp³-hybridized carbons (Fsp3) is 0.769. The van der Waals surface area contributed by atoms with E-state index in [1.807, 2.05) is 13.8 Å². The van der Waals surface area contributed by atoms with Crippen molar-refractivity contribution in [3.63, 3.8) is 0 Å². The molecule has 0 unspecified atom stereocenters. The van der Waals surface area contributed by atoms with Gasteiger partial charge in [-0.05, 0) is 38.3 Å². The molecule has 46 heavy (non-hydrogen) atoms. The zero-order chi connectivity index (χ0) is 34.5. The van der Waals surface area contributed by atoms with E-state index in [9.17, 15) is 14.4 Å². The molecule has 0 bridgehead atoms. The van der Waals surface area contributed by atoms with Crippen molar-refractivity contribution in [3.05, 3.63) is 29.8 Å². The summed E-state index contributed by atoms with van der Waals surface area (Å²) in [6, 6.07) is 6.36. The number of benzene rings is 1. The van der Waals surface area contributed by atoms with E-state index in [0.29, 0.717) is 31.7 Å². The molecule has 268 valence electrons. The van der Waals surface area contributed by atoms with Gasteiger partial charge in [0.05, 0.1) is 18.8 Å². The van der Waals surface area contributed by atoms with E-state index in [1.54, 1.807) is 18.2 Å². The Kier molecular flexibility index (Phi) is 36.5. The van der Waals surface area contributed by atoms with E-state index < -0.39 is 5.97 Å². The lowest BCUT2D eigenvalue weighted by atomic mass is 10.1. The third-order valence-corrected chi connectivity index (χ3v) is 7.70. The molecule has 0 aliphatic carbocycles. The Bertz CT molecular complexity index is 788. The highest BCUT2D eigenvalue weighted by molar-refractivity contribution is 5.93. The lowest BCUT2D eigenvalue weighted by molar-refractivity contribution is -0.144. The smallest absolute Gasteiger partial charge is 0.337 e. The lowest BCUT2D eigenvalue weighted by Crippen LogP contribution is -2.04. The Morgan fingerprint density at radius 1 is 0.543 bits per heavy atom. The number of hydrogen-bond acceptors (Lipinski definition) is 6. The second-order valence-corrected chi connectivity index (χ2v) is 12.1. The molecule has 7 heteroatoms. The standard InChI is InChI=1S/2C16H32O2.C7H7NO2/c1-3-5-6-7-8-9-10-11-12-13-14-15-16(17)18-4-2;1-3-5-6-7-8-9-10-11-12-13-15-18-16(17)14-4-2;8-6-4-2-1-3-5(6)7(9)10/h2*3-15H2,1-2H3;1-4H,8H2,(H,9,10). The summed E-state index contributed by atoms with van der Waals surface area (Å²) in [6.45, 7) is 9.51. The van der Waals surface area contributed by atoms with Crippen LogP contribution in [0.2, 0.25) is 0 Å². The topological polar surface area (TPSA) is 116 Å². The molecule has 0 spiro atoms. The Labute approximate surface area is 282 Å². The number of nitrogen functional groups attached to an aromatic ring is 1. The molecule has 0 aromatic heterocycles. The van der Waals surface area contributed by atoms with Crippen LogP contribution in [0.4, 0.5) is 5.69 Å². The number of aromatic carboxylic acids is 1. The Morgan fingerprint density at radius 3 is 1.35 bits per heavy atom. The van der Waals surface area contributed by atoms with E-state index in [1.165, 1.54) is 128 Å². The van der Waals surface area contributed by atoms with E-state index in [2.05, 4.69) is 13.8 Å². The Hall–Kier alpha value is -2.57. The van der Waals surface area contributed by atoms with E-state index in [-0.39, 0.29) is 17.5 Å². The number of carbonyl (C=O) groups is 3. The van der Waals surface area contributed by atoms with Crippen molar-refractivity contribution in [2.75, 3.05) is 18.9 Å². The number of carbonyl (C=O) groups excluding carboxylic acids is 2. The first-order valence-electron chi connectivity index (χ1n) is 18.7. The maximum absolute atomic E-state index is 11.1. The fourth-order valence-corrected chi connectivity index (χ4v) is 4.91. The molecule has 0 radical (unpaired) electrons. The summed E-state index contributed by atoms with van der Waals surface area (Å²) in [5.74, 6) is -1.06. The van der Waals surface area contributed by atoms with Crippen LogP contribution in [0, 0.1) is 0 Å². The van der Waals surface area contributed by atoms with Gasteiger partial charge < -0.3 is 20.3 Å². The maximum Gasteiger partial charge on any atom is 0.337 e. The minimum absolute atomic E-state index is 0.0339. The van der Waals surface area contributed by atoms with Crippen molar-refractivity contribution < 1.29 is 29.0 Å². The van der Waals surface area contributed by atoms with Gasteiger partial charge in [0.25, 0.3) is 0 Å². The van der Waals surface area contributed by atoms with Gasteiger partial charge in [0.15, 0.2) is 0 Å². The second kappa shape index (κ2) is 36.9. The van der Waals surface area contributed by atoms with Crippen molar-refractivity contribution in [3.8, 4) is 0 Å². The molecule has 0 aliphatic rings. The monoisotopic (exact) mass is 650 g/mol. The van der Waals surface area contributed by atoms with Gasteiger partial charge in [-0.2, -0.15) is 0 Å². The summed E-state index contributed by atoms with van der Waals surface area (Å²) in [5.41, 5.74) is 5.80. The number of carboxylic acid groups (broad SMARTS) is 1. The van der Waals surface area contributed by atoms with Crippen molar-refractivity contribution in [2.24, 2.45) is 0 Å². The van der Waals surface area contributed by atoms with Crippen LogP contribution in [0.15, 0.2) is 24.3 Å². The van der Waals surface area contributed by atoms with Gasteiger partial charge >= 0.3 is 17.9 Å². The van der Waals surface area contributed by atoms with Gasteiger partial charge in [0.1, 0.15) is 0 Å². The number of esters is 2. The van der Waals surface area contributed by atoms with Crippen LogP contribution in [0.1, 0.15) is 192 Å². The molecule has 0 aliphatic heterocycles. The average Bonchev–Trinajstić information content (AvgIpc) is 3.03. The van der Waals surface area contributed by atoms with Crippen LogP contribution < -0.4 is 5.73 Å². The quantitative estimate of drug-likeness (QED) is 0.0553. The van der Waals surface area contributed by atoms with Crippen LogP contribution in [-0.4, -0.2) is 36.2 Å². The summed E-state index contributed by atoms with van der Waals surface area (Å²) in [5, 5.41) is 8.49. The number of anilines is 1. The summed E-state index contributed by atoms with van der Waals surface area (Å²) in [6.07, 6.45) is 29.7. The number of hydrogen-bond donors (Lipinski definition) is 2. The Balaban J connectivity index is 0. The molecule has 0 saturated heterocycles. The largest absolute Gasteiger partial charge is 0.478 e. The molecule has 1 aromatic rings. The van der Waals surface area contributed by atoms with E-state index in [4.69, 9.17) is 20.3 Å². The van der Waals surface area contributed by atoms with Crippen LogP contribution in [0.3, 0.4) is 0 Å². The third kappa shape index (κ3) is 34.3. The molecule has 0 heterocycles. The normalized spacial score (nSPS) is 10.3. The number of unbranched alkanes of at least 4 members (excludes halogenated alkanes) is 19. The van der Waals surface area contributed by atoms with Crippen molar-refractivity contribution >= 4 is 23.6 Å². The SMILES string of the molecule is CCCCCCCCCCCCCC(=O)OCC.CCCCCCCCCCCCOC(=O)CCC.Nc1ccccc1C(=O)O. The molecule has 0 saturated carbocycles. The fourth-order valence-electron chi connectivity index (χ4n) is 4.91. The predicted octanol–water partition coefficient (Wildman–Crippen LogP) is 11.5. The van der Waals surface area contributed by atoms with Gasteiger partial charge in [0, 0.05) is 18.5 Å². The molecule has 0 amide bonds. The highest BCUT2D eigenvalue weighted by Gasteiger charge is 2.04. The molecule has 1 rings (SSSR count). The van der Waals surface area contributed by atoms with Crippen LogP contribution in [-0.2, 0) is 19.1 Å². The van der Waals surface area contributed by atoms with Gasteiger partial charge in [0.2, 0.25) is 0 Å². The molecule has 3 N–H and O–H groups in total. The number of para-hydroxylation sites is 1. The zero-order valence-electron chi connectivity index (χ0n) is 30.3. The maximum atomic E-state index is 11.1. The van der Waals surface area contributed by atoms with Crippen molar-refractivity contribution in [1.29, 1.82) is 0 Å². The molecular formula is C39H71NO6. The summed E-state index contributed by atoms with van der Waals surface area (Å²) < 4.78 is 10.0. The van der Waals surface area contributed by atoms with Gasteiger partial charge in [-0.15, -0.1) is 0 Å². The first-order valence-corrected chi connectivity index (χ1v) is 18.7. The number of ether oxygens (including phenoxy) is 2. The number of carboxylic acids is 1. The van der Waals surface area contributed by atoms with Gasteiger partial charge in [-0.1, -0.05) is 155 Å². The third-order valence-electron chi connectivity index (χ3n) is 7.70. The first kappa shape index (κ1) is 45.6. The van der Waals surface area contributed by atoms with Crippen molar-refractivity contribution in [2.45, 2.75) is 182 Å².